The summed E-state index contributed by atoms with van der Waals surface area (Å²) in [6, 6.07) is -8.43. The molecule has 0 aliphatic rings. The third-order valence-electron chi connectivity index (χ3n) is 8.13. The average Bonchev–Trinajstić information content (AvgIpc) is 3.35. The second-order valence-electron chi connectivity index (χ2n) is 11.0. The SMILES string of the molecule is [2H]c1cc([2H])c(N(c2c([2H])ccc([2H])c2[2H])c2c([2H])c([2H])c(-c3nc4c([2H])cc([2H])c([2H])c4c4c3c([2H])cc3cc(-c5c([2H])c([2H])nc6c5c([2H])c([2H])c5c([2H])c([2H])c([2H])nc56)c([2H])c([2H])c34)c([2H])c2[2H])c([2H])c1[2H]. The number of benzene rings is 7. The van der Waals surface area contributed by atoms with Gasteiger partial charge in [-0.05, 0) is 82.3 Å². The van der Waals surface area contributed by atoms with Gasteiger partial charge in [0, 0.05) is 61.9 Å². The van der Waals surface area contributed by atoms with Gasteiger partial charge in [-0.3, -0.25) is 9.97 Å². The molecule has 0 radical (unpaired) electrons. The highest BCUT2D eigenvalue weighted by Crippen LogP contribution is 2.41. The summed E-state index contributed by atoms with van der Waals surface area (Å²) < 4.78 is 214. The Hall–Kier alpha value is -6.91. The van der Waals surface area contributed by atoms with Gasteiger partial charge in [0.15, 0.2) is 0 Å². The first kappa shape index (κ1) is 13.8. The average molecular weight is 675 g/mol. The lowest BCUT2D eigenvalue weighted by Gasteiger charge is -2.25. The molecular weight excluding hydrogens is 621 g/mol. The largest absolute Gasteiger partial charge is 0.311 e. The first-order valence-corrected chi connectivity index (χ1v) is 15.2. The molecule has 0 amide bonds. The maximum Gasteiger partial charge on any atom is 0.0970 e. The summed E-state index contributed by atoms with van der Waals surface area (Å²) in [6.07, 6.45) is -1.40. The Morgan fingerprint density at radius 2 is 1.25 bits per heavy atom. The number of hydrogen-bond acceptors (Lipinski definition) is 4. The van der Waals surface area contributed by atoms with Gasteiger partial charge in [-0.2, -0.15) is 0 Å². The molecule has 0 spiro atoms. The van der Waals surface area contributed by atoms with Crippen molar-refractivity contribution in [1.29, 1.82) is 0 Å². The van der Waals surface area contributed by atoms with Crippen LogP contribution >= 0.6 is 0 Å². The van der Waals surface area contributed by atoms with Crippen molar-refractivity contribution in [2.45, 2.75) is 0 Å². The summed E-state index contributed by atoms with van der Waals surface area (Å²) in [5.74, 6) is 0. The zero-order valence-corrected chi connectivity index (χ0v) is 25.8. The summed E-state index contributed by atoms with van der Waals surface area (Å²) in [5, 5.41) is -1.86. The Labute approximate surface area is 328 Å². The predicted molar refractivity (Wildman–Crippen MR) is 213 cm³/mol. The van der Waals surface area contributed by atoms with Gasteiger partial charge in [0.2, 0.25) is 0 Å². The molecule has 7 aromatic carbocycles. The van der Waals surface area contributed by atoms with Crippen LogP contribution in [0.15, 0.2) is 182 Å². The van der Waals surface area contributed by atoms with Crippen molar-refractivity contribution < 1.29 is 32.9 Å². The van der Waals surface area contributed by atoms with Crippen molar-refractivity contribution in [1.82, 2.24) is 15.0 Å². The molecule has 4 nitrogen and oxygen atoms in total. The second kappa shape index (κ2) is 11.9. The maximum atomic E-state index is 9.65. The van der Waals surface area contributed by atoms with E-state index in [4.69, 9.17) is 23.3 Å². The van der Waals surface area contributed by atoms with Crippen molar-refractivity contribution in [2.24, 2.45) is 0 Å². The monoisotopic (exact) mass is 674 g/mol. The molecule has 0 saturated heterocycles. The van der Waals surface area contributed by atoms with Gasteiger partial charge in [0.05, 0.1) is 55.1 Å². The molecule has 0 bridgehead atoms. The van der Waals surface area contributed by atoms with Crippen molar-refractivity contribution in [3.8, 4) is 22.4 Å². The number of rotatable bonds is 5. The van der Waals surface area contributed by atoms with Crippen LogP contribution < -0.4 is 4.90 Å². The number of fused-ring (bicyclic) bond motifs is 8. The van der Waals surface area contributed by atoms with E-state index < -0.39 is 174 Å². The molecule has 0 N–H and O–H groups in total. The van der Waals surface area contributed by atoms with E-state index in [1.165, 1.54) is 6.07 Å². The summed E-state index contributed by atoms with van der Waals surface area (Å²) in [6.45, 7) is 0. The lowest BCUT2D eigenvalue weighted by Crippen LogP contribution is -2.09. The van der Waals surface area contributed by atoms with Crippen molar-refractivity contribution >= 4 is 71.3 Å². The van der Waals surface area contributed by atoms with E-state index in [1.54, 1.807) is 0 Å². The van der Waals surface area contributed by atoms with Gasteiger partial charge in [0.1, 0.15) is 0 Å². The van der Waals surface area contributed by atoms with Gasteiger partial charge in [0.25, 0.3) is 0 Å². The molecular formula is C47H30N4. The highest BCUT2D eigenvalue weighted by atomic mass is 15.1. The third kappa shape index (κ3) is 4.88. The standard InChI is InChI=1S/C47H30N4/c1-3-11-35(12-4-1)51(36-13-5-2-6-14-36)37-22-17-32(18-23-37)45-42-26-21-34-30-33(20-24-39(34)44(42)41-15-7-8-16-43(41)50-45)38-27-29-49-47-40(38)25-19-31-10-9-28-48-46(31)47/h1-30H/i1D,3D,5D,7D,9D,10D,11D,12D,13D,14D,15D,16D,17D,18D,19D,20D,22D,23D,24D,25D,26D,27D,28D,29D. The molecule has 4 heteroatoms. The molecule has 10 rings (SSSR count). The van der Waals surface area contributed by atoms with Gasteiger partial charge >= 0.3 is 0 Å². The van der Waals surface area contributed by atoms with Crippen LogP contribution in [0.4, 0.5) is 17.1 Å². The minimum absolute atomic E-state index is 0.0687. The number of nitrogens with zero attached hydrogens (tertiary/aromatic N) is 4. The number of para-hydroxylation sites is 3. The fraction of sp³-hybridized carbons (Fsp3) is 0. The second-order valence-corrected chi connectivity index (χ2v) is 11.0. The summed E-state index contributed by atoms with van der Waals surface area (Å²) in [7, 11) is 0. The van der Waals surface area contributed by atoms with Crippen molar-refractivity contribution in [3.05, 3.63) is 182 Å². The minimum Gasteiger partial charge on any atom is -0.311 e. The van der Waals surface area contributed by atoms with E-state index in [2.05, 4.69) is 15.0 Å². The zero-order chi connectivity index (χ0) is 54.6. The molecule has 0 atom stereocenters. The minimum atomic E-state index is -0.953. The Balaban J connectivity index is 1.33. The van der Waals surface area contributed by atoms with Gasteiger partial charge in [-0.15, -0.1) is 0 Å². The predicted octanol–water partition coefficient (Wildman–Crippen LogP) is 12.4. The topological polar surface area (TPSA) is 41.9 Å². The third-order valence-corrected chi connectivity index (χ3v) is 8.13. The van der Waals surface area contributed by atoms with E-state index in [0.29, 0.717) is 4.90 Å². The van der Waals surface area contributed by atoms with Crippen LogP contribution in [-0.4, -0.2) is 15.0 Å². The van der Waals surface area contributed by atoms with E-state index in [0.717, 1.165) is 30.3 Å². The summed E-state index contributed by atoms with van der Waals surface area (Å²) in [5.41, 5.74) is -4.76. The van der Waals surface area contributed by atoms with Crippen LogP contribution in [0, 0.1) is 0 Å². The molecule has 0 unspecified atom stereocenters. The lowest BCUT2D eigenvalue weighted by molar-refractivity contribution is 1.28. The number of hydrogen-bond donors (Lipinski definition) is 0. The first-order chi connectivity index (χ1) is 35.2. The summed E-state index contributed by atoms with van der Waals surface area (Å²) >= 11 is 0. The van der Waals surface area contributed by atoms with Crippen molar-refractivity contribution in [2.75, 3.05) is 4.90 Å². The molecule has 51 heavy (non-hydrogen) atoms. The van der Waals surface area contributed by atoms with Gasteiger partial charge < -0.3 is 4.90 Å². The van der Waals surface area contributed by atoms with Gasteiger partial charge in [-0.1, -0.05) is 109 Å². The highest BCUT2D eigenvalue weighted by Gasteiger charge is 2.17. The van der Waals surface area contributed by atoms with Crippen LogP contribution in [-0.2, 0) is 0 Å². The Morgan fingerprint density at radius 1 is 0.471 bits per heavy atom. The van der Waals surface area contributed by atoms with E-state index in [-0.39, 0.29) is 65.4 Å². The molecule has 0 fully saturated rings. The first-order valence-electron chi connectivity index (χ1n) is 27.2. The van der Waals surface area contributed by atoms with Gasteiger partial charge in [-0.25, -0.2) is 4.98 Å². The Kier molecular flexibility index (Phi) is 3.21. The fourth-order valence-corrected chi connectivity index (χ4v) is 5.91. The van der Waals surface area contributed by atoms with Crippen LogP contribution in [0.1, 0.15) is 32.9 Å². The Morgan fingerprint density at radius 3 is 2.20 bits per heavy atom. The van der Waals surface area contributed by atoms with Crippen LogP contribution in [0.25, 0.3) is 76.6 Å². The zero-order valence-electron chi connectivity index (χ0n) is 49.8. The molecule has 3 aromatic heterocycles. The molecule has 3 heterocycles. The van der Waals surface area contributed by atoms with Crippen LogP contribution in [0.3, 0.4) is 0 Å². The van der Waals surface area contributed by atoms with E-state index >= 15 is 0 Å². The van der Waals surface area contributed by atoms with E-state index in [9.17, 15) is 9.60 Å². The number of pyridine rings is 3. The molecule has 10 aromatic rings. The quantitative estimate of drug-likeness (QED) is 0.170. The molecule has 0 saturated carbocycles. The normalized spacial score (nSPS) is 18.1. The fourth-order valence-electron chi connectivity index (χ4n) is 5.91. The van der Waals surface area contributed by atoms with E-state index in [1.807, 2.05) is 0 Å². The Bertz CT molecular complexity index is 4290. The lowest BCUT2D eigenvalue weighted by atomic mass is 9.92. The van der Waals surface area contributed by atoms with Crippen LogP contribution in [0.2, 0.25) is 0 Å². The smallest absolute Gasteiger partial charge is 0.0970 e. The maximum absolute atomic E-state index is 9.65. The number of aromatic nitrogens is 3. The van der Waals surface area contributed by atoms with Crippen LogP contribution in [0.5, 0.6) is 0 Å². The van der Waals surface area contributed by atoms with Crippen molar-refractivity contribution in [3.63, 3.8) is 0 Å². The molecule has 0 aliphatic heterocycles. The summed E-state index contributed by atoms with van der Waals surface area (Å²) in [4.78, 5) is 13.5. The number of anilines is 3. The molecule has 0 aliphatic carbocycles. The molecule has 238 valence electrons. The highest BCUT2D eigenvalue weighted by molar-refractivity contribution is 6.23.